The van der Waals surface area contributed by atoms with Gasteiger partial charge in [0.15, 0.2) is 5.78 Å². The number of ketones is 1. The second-order valence-corrected chi connectivity index (χ2v) is 9.76. The highest BCUT2D eigenvalue weighted by Crippen LogP contribution is 2.69. The van der Waals surface area contributed by atoms with E-state index in [9.17, 15) is 9.90 Å². The van der Waals surface area contributed by atoms with Crippen molar-refractivity contribution in [1.29, 1.82) is 0 Å². The van der Waals surface area contributed by atoms with Gasteiger partial charge in [-0.2, -0.15) is 0 Å². The van der Waals surface area contributed by atoms with Gasteiger partial charge in [0.25, 0.3) is 0 Å². The SMILES string of the molecule is CC12c3[nH]c4ccccc4c3CC1CCC1(O)C3=CC(=O)COC3CCC12C. The average Bonchev–Trinajstić information content (AvgIpc) is 3.19. The monoisotopic (exact) mass is 377 g/mol. The molecule has 4 aliphatic rings. The van der Waals surface area contributed by atoms with Crippen molar-refractivity contribution in [2.24, 2.45) is 11.3 Å². The van der Waals surface area contributed by atoms with Gasteiger partial charge >= 0.3 is 0 Å². The molecule has 2 heterocycles. The van der Waals surface area contributed by atoms with Crippen LogP contribution in [0.2, 0.25) is 0 Å². The number of carbonyl (C=O) groups excluding carboxylic acids is 1. The molecular weight excluding hydrogens is 350 g/mol. The highest BCUT2D eigenvalue weighted by Gasteiger charge is 2.69. The summed E-state index contributed by atoms with van der Waals surface area (Å²) in [5.41, 5.74) is 3.28. The molecule has 2 saturated carbocycles. The number of aliphatic hydroxyl groups is 1. The number of para-hydroxylation sites is 1. The molecule has 5 atom stereocenters. The summed E-state index contributed by atoms with van der Waals surface area (Å²) in [5, 5.41) is 13.5. The smallest absolute Gasteiger partial charge is 0.181 e. The van der Waals surface area contributed by atoms with Crippen LogP contribution in [0.25, 0.3) is 10.9 Å². The molecule has 1 aliphatic heterocycles. The molecule has 4 nitrogen and oxygen atoms in total. The first-order valence-corrected chi connectivity index (χ1v) is 10.6. The van der Waals surface area contributed by atoms with Gasteiger partial charge in [-0.05, 0) is 61.3 Å². The topological polar surface area (TPSA) is 62.3 Å². The van der Waals surface area contributed by atoms with E-state index in [1.807, 2.05) is 0 Å². The van der Waals surface area contributed by atoms with E-state index in [0.717, 1.165) is 31.3 Å². The molecular formula is C24H27NO3. The van der Waals surface area contributed by atoms with Gasteiger partial charge < -0.3 is 14.8 Å². The third-order valence-corrected chi connectivity index (χ3v) is 8.99. The van der Waals surface area contributed by atoms with Crippen molar-refractivity contribution in [3.8, 4) is 0 Å². The Morgan fingerprint density at radius 1 is 1.18 bits per heavy atom. The molecule has 1 aromatic carbocycles. The Kier molecular flexibility index (Phi) is 3.13. The number of aromatic nitrogens is 1. The predicted molar refractivity (Wildman–Crippen MR) is 107 cm³/mol. The first-order valence-electron chi connectivity index (χ1n) is 10.6. The van der Waals surface area contributed by atoms with Crippen molar-refractivity contribution in [1.82, 2.24) is 4.98 Å². The zero-order valence-corrected chi connectivity index (χ0v) is 16.5. The van der Waals surface area contributed by atoms with Gasteiger partial charge in [0.2, 0.25) is 0 Å². The maximum absolute atomic E-state index is 12.2. The van der Waals surface area contributed by atoms with E-state index in [4.69, 9.17) is 4.74 Å². The third-order valence-electron chi connectivity index (χ3n) is 8.99. The van der Waals surface area contributed by atoms with E-state index in [1.54, 1.807) is 6.08 Å². The molecule has 1 aromatic heterocycles. The molecule has 146 valence electrons. The van der Waals surface area contributed by atoms with E-state index in [0.29, 0.717) is 12.3 Å². The van der Waals surface area contributed by atoms with Crippen LogP contribution in [0.15, 0.2) is 35.9 Å². The minimum atomic E-state index is -0.990. The average molecular weight is 377 g/mol. The largest absolute Gasteiger partial charge is 0.385 e. The second-order valence-electron chi connectivity index (χ2n) is 9.76. The molecule has 2 fully saturated rings. The Labute approximate surface area is 165 Å². The fraction of sp³-hybridized carbons (Fsp3) is 0.542. The number of H-pyrrole nitrogens is 1. The molecule has 0 radical (unpaired) electrons. The minimum Gasteiger partial charge on any atom is -0.385 e. The van der Waals surface area contributed by atoms with Crippen molar-refractivity contribution in [3.63, 3.8) is 0 Å². The molecule has 28 heavy (non-hydrogen) atoms. The summed E-state index contributed by atoms with van der Waals surface area (Å²) in [7, 11) is 0. The molecule has 0 saturated heterocycles. The maximum Gasteiger partial charge on any atom is 0.181 e. The summed E-state index contributed by atoms with van der Waals surface area (Å²) in [4.78, 5) is 15.9. The number of hydrogen-bond acceptors (Lipinski definition) is 3. The van der Waals surface area contributed by atoms with Gasteiger partial charge in [0.1, 0.15) is 6.61 Å². The van der Waals surface area contributed by atoms with Gasteiger partial charge in [-0.15, -0.1) is 0 Å². The van der Waals surface area contributed by atoms with Crippen LogP contribution < -0.4 is 0 Å². The van der Waals surface area contributed by atoms with Gasteiger partial charge in [-0.3, -0.25) is 4.79 Å². The van der Waals surface area contributed by atoms with Crippen molar-refractivity contribution in [3.05, 3.63) is 47.2 Å². The molecule has 0 spiro atoms. The van der Waals surface area contributed by atoms with Crippen LogP contribution in [0.3, 0.4) is 0 Å². The first kappa shape index (κ1) is 17.0. The lowest BCUT2D eigenvalue weighted by atomic mass is 9.42. The Hall–Kier alpha value is -1.91. The highest BCUT2D eigenvalue weighted by molar-refractivity contribution is 5.93. The van der Waals surface area contributed by atoms with E-state index in [-0.39, 0.29) is 29.3 Å². The molecule has 2 aromatic rings. The normalized spacial score (nSPS) is 41.8. The summed E-state index contributed by atoms with van der Waals surface area (Å²) in [6.07, 6.45) is 6.12. The molecule has 2 N–H and O–H groups in total. The summed E-state index contributed by atoms with van der Waals surface area (Å²) in [6, 6.07) is 8.55. The fourth-order valence-electron chi connectivity index (χ4n) is 7.27. The third kappa shape index (κ3) is 1.73. The van der Waals surface area contributed by atoms with E-state index in [2.05, 4.69) is 43.1 Å². The Morgan fingerprint density at radius 3 is 2.86 bits per heavy atom. The number of fused-ring (bicyclic) bond motifs is 9. The van der Waals surface area contributed by atoms with Crippen molar-refractivity contribution >= 4 is 16.7 Å². The number of hydrogen-bond donors (Lipinski definition) is 2. The Balaban J connectivity index is 1.58. The van der Waals surface area contributed by atoms with E-state index >= 15 is 0 Å². The quantitative estimate of drug-likeness (QED) is 0.734. The number of carbonyl (C=O) groups is 1. The summed E-state index contributed by atoms with van der Waals surface area (Å²) in [5.74, 6) is 0.495. The predicted octanol–water partition coefficient (Wildman–Crippen LogP) is 3.82. The van der Waals surface area contributed by atoms with Crippen LogP contribution >= 0.6 is 0 Å². The van der Waals surface area contributed by atoms with Crippen LogP contribution in [0.1, 0.15) is 50.8 Å². The lowest BCUT2D eigenvalue weighted by molar-refractivity contribution is -0.177. The number of ether oxygens (including phenoxy) is 1. The van der Waals surface area contributed by atoms with Gasteiger partial charge in [0, 0.05) is 27.4 Å². The fourth-order valence-corrected chi connectivity index (χ4v) is 7.27. The highest BCUT2D eigenvalue weighted by atomic mass is 16.5. The van der Waals surface area contributed by atoms with Crippen LogP contribution in [0.4, 0.5) is 0 Å². The standard InChI is InChI=1S/C24H27NO3/c1-22-9-8-20-18(12-15(26)13-28-20)24(22,27)10-7-14-11-17-16-5-3-4-6-19(16)25-21(17)23(14,22)2/h3-6,12,14,20,25,27H,7-11,13H2,1-2H3. The van der Waals surface area contributed by atoms with Crippen LogP contribution in [-0.2, 0) is 21.4 Å². The van der Waals surface area contributed by atoms with Crippen LogP contribution in [0.5, 0.6) is 0 Å². The van der Waals surface area contributed by atoms with Gasteiger partial charge in [0.05, 0.1) is 11.7 Å². The zero-order valence-electron chi connectivity index (χ0n) is 16.5. The molecule has 3 aliphatic carbocycles. The van der Waals surface area contributed by atoms with Gasteiger partial charge in [-0.1, -0.05) is 32.0 Å². The van der Waals surface area contributed by atoms with E-state index in [1.165, 1.54) is 22.2 Å². The molecule has 0 amide bonds. The summed E-state index contributed by atoms with van der Waals surface area (Å²) in [6.45, 7) is 4.76. The minimum absolute atomic E-state index is 0.0195. The van der Waals surface area contributed by atoms with Crippen LogP contribution in [-0.4, -0.2) is 34.2 Å². The second kappa shape index (κ2) is 5.17. The van der Waals surface area contributed by atoms with Crippen molar-refractivity contribution in [2.45, 2.75) is 63.1 Å². The van der Waals surface area contributed by atoms with Gasteiger partial charge in [-0.25, -0.2) is 0 Å². The lowest BCUT2D eigenvalue weighted by Crippen LogP contribution is -2.67. The number of benzene rings is 1. The number of aromatic amines is 1. The van der Waals surface area contributed by atoms with Crippen LogP contribution in [0, 0.1) is 11.3 Å². The maximum atomic E-state index is 12.2. The zero-order chi connectivity index (χ0) is 19.3. The molecule has 6 rings (SSSR count). The van der Waals surface area contributed by atoms with Crippen molar-refractivity contribution < 1.29 is 14.6 Å². The molecule has 5 unspecified atom stereocenters. The number of rotatable bonds is 0. The Bertz CT molecular complexity index is 1050. The lowest BCUT2D eigenvalue weighted by Gasteiger charge is -2.64. The summed E-state index contributed by atoms with van der Waals surface area (Å²) < 4.78 is 5.83. The molecule has 4 heteroatoms. The van der Waals surface area contributed by atoms with Crippen molar-refractivity contribution in [2.75, 3.05) is 6.61 Å². The summed E-state index contributed by atoms with van der Waals surface area (Å²) >= 11 is 0. The molecule has 0 bridgehead atoms. The first-order chi connectivity index (χ1) is 13.4. The van der Waals surface area contributed by atoms with E-state index < -0.39 is 5.60 Å². The Morgan fingerprint density at radius 2 is 2.00 bits per heavy atom. The number of nitrogens with one attached hydrogen (secondary N) is 1.